The van der Waals surface area contributed by atoms with E-state index in [1.807, 2.05) is 24.3 Å². The van der Waals surface area contributed by atoms with E-state index in [1.165, 1.54) is 24.4 Å². The van der Waals surface area contributed by atoms with Crippen molar-refractivity contribution in [3.63, 3.8) is 0 Å². The van der Waals surface area contributed by atoms with E-state index in [2.05, 4.69) is 32.6 Å². The topological polar surface area (TPSA) is 73.6 Å². The smallest absolute Gasteiger partial charge is 0.141 e. The van der Waals surface area contributed by atoms with Gasteiger partial charge in [0.25, 0.3) is 0 Å². The zero-order chi connectivity index (χ0) is 24.5. The molecule has 0 aliphatic rings. The number of nitriles is 1. The predicted molar refractivity (Wildman–Crippen MR) is 141 cm³/mol. The van der Waals surface area contributed by atoms with Gasteiger partial charge in [0.05, 0.1) is 42.5 Å². The van der Waals surface area contributed by atoms with Crippen molar-refractivity contribution in [1.29, 1.82) is 5.26 Å². The van der Waals surface area contributed by atoms with E-state index in [1.54, 1.807) is 22.9 Å². The maximum absolute atomic E-state index is 13.6. The minimum atomic E-state index is -0.538. The van der Waals surface area contributed by atoms with Crippen molar-refractivity contribution in [3.05, 3.63) is 87.2 Å². The molecule has 9 heteroatoms. The third kappa shape index (κ3) is 4.45. The predicted octanol–water partition coefficient (Wildman–Crippen LogP) is 7.69. The van der Waals surface area contributed by atoms with Gasteiger partial charge in [-0.15, -0.1) is 17.8 Å². The number of hydrogen-bond donors (Lipinski definition) is 2. The Morgan fingerprint density at radius 3 is 2.63 bits per heavy atom. The molecule has 0 radical (unpaired) electrons. The molecule has 35 heavy (non-hydrogen) atoms. The molecule has 5 nitrogen and oxygen atoms in total. The van der Waals surface area contributed by atoms with Gasteiger partial charge in [-0.05, 0) is 48.0 Å². The molecule has 2 heterocycles. The molecule has 0 saturated carbocycles. The molecule has 170 valence electrons. The van der Waals surface area contributed by atoms with Gasteiger partial charge in [0, 0.05) is 23.0 Å². The van der Waals surface area contributed by atoms with Crippen molar-refractivity contribution in [1.82, 2.24) is 9.97 Å². The Bertz CT molecular complexity index is 1690. The average molecular weight is 518 g/mol. The van der Waals surface area contributed by atoms with Crippen LogP contribution in [-0.2, 0) is 0 Å². The number of benzene rings is 3. The fraction of sp³-hybridized carbons (Fsp3) is 0.0385. The first-order valence-corrected chi connectivity index (χ1v) is 11.9. The van der Waals surface area contributed by atoms with E-state index in [-0.39, 0.29) is 10.6 Å². The monoisotopic (exact) mass is 517 g/mol. The summed E-state index contributed by atoms with van der Waals surface area (Å²) in [7, 11) is 0. The van der Waals surface area contributed by atoms with Crippen LogP contribution in [0.1, 0.15) is 17.2 Å². The number of rotatable bonds is 5. The van der Waals surface area contributed by atoms with Crippen molar-refractivity contribution in [2.75, 3.05) is 10.6 Å². The molecular weight excluding hydrogens is 504 g/mol. The van der Waals surface area contributed by atoms with E-state index in [4.69, 9.17) is 29.6 Å². The van der Waals surface area contributed by atoms with E-state index in [0.717, 1.165) is 15.8 Å². The van der Waals surface area contributed by atoms with Gasteiger partial charge in [-0.1, -0.05) is 35.2 Å². The van der Waals surface area contributed by atoms with Crippen molar-refractivity contribution in [3.8, 4) is 18.4 Å². The standard InChI is InChI=1S/C26H14Cl2FN5S/c1-2-22(14-3-6-23-24(7-14)35-13-32-23)33-17-8-18-25(34-16-4-5-21(29)19(27)9-16)15(11-30)12-31-26(18)20(28)10-17/h1,3-10,12-13,22,33H,(H,31,34)/t22-/m1/s1. The minimum Gasteiger partial charge on any atom is -0.368 e. The number of thiazole rings is 1. The van der Waals surface area contributed by atoms with Crippen LogP contribution >= 0.6 is 34.5 Å². The second-order valence-corrected chi connectivity index (χ2v) is 9.29. The van der Waals surface area contributed by atoms with Crippen molar-refractivity contribution >= 4 is 72.7 Å². The Labute approximate surface area is 214 Å². The zero-order valence-electron chi connectivity index (χ0n) is 17.8. The molecule has 0 saturated heterocycles. The minimum absolute atomic E-state index is 0.0398. The largest absolute Gasteiger partial charge is 0.368 e. The molecule has 3 aromatic carbocycles. The first kappa shape index (κ1) is 22.9. The van der Waals surface area contributed by atoms with Gasteiger partial charge >= 0.3 is 0 Å². The number of halogens is 3. The zero-order valence-corrected chi connectivity index (χ0v) is 20.1. The van der Waals surface area contributed by atoms with Crippen molar-refractivity contribution < 1.29 is 4.39 Å². The average Bonchev–Trinajstić information content (AvgIpc) is 3.33. The Hall–Kier alpha value is -3.88. The Morgan fingerprint density at radius 2 is 1.86 bits per heavy atom. The lowest BCUT2D eigenvalue weighted by Gasteiger charge is -2.18. The van der Waals surface area contributed by atoms with Gasteiger partial charge in [0.15, 0.2) is 0 Å². The molecule has 0 bridgehead atoms. The number of aromatic nitrogens is 2. The molecule has 0 amide bonds. The third-order valence-electron chi connectivity index (χ3n) is 5.40. The Balaban J connectivity index is 1.57. The SMILES string of the molecule is C#C[C@@H](Nc1cc(Cl)c2ncc(C#N)c(Nc3ccc(F)c(Cl)c3)c2c1)c1ccc2ncsc2c1. The molecule has 0 fully saturated rings. The third-order valence-corrected chi connectivity index (χ3v) is 6.77. The lowest BCUT2D eigenvalue weighted by molar-refractivity contribution is 0.628. The molecule has 0 aliphatic heterocycles. The summed E-state index contributed by atoms with van der Waals surface area (Å²) in [5.74, 6) is 2.24. The van der Waals surface area contributed by atoms with Crippen LogP contribution in [0.15, 0.2) is 60.2 Å². The van der Waals surface area contributed by atoms with Gasteiger partial charge in [0.1, 0.15) is 17.9 Å². The van der Waals surface area contributed by atoms with Gasteiger partial charge < -0.3 is 10.6 Å². The molecule has 0 aliphatic carbocycles. The van der Waals surface area contributed by atoms with Crippen LogP contribution in [0.4, 0.5) is 21.5 Å². The van der Waals surface area contributed by atoms with Crippen LogP contribution in [0.25, 0.3) is 21.1 Å². The fourth-order valence-electron chi connectivity index (χ4n) is 3.72. The molecule has 5 rings (SSSR count). The second kappa shape index (κ2) is 9.40. The number of pyridine rings is 1. The molecule has 0 unspecified atom stereocenters. The number of fused-ring (bicyclic) bond motifs is 2. The maximum atomic E-state index is 13.6. The summed E-state index contributed by atoms with van der Waals surface area (Å²) in [6, 6.07) is 15.3. The van der Waals surface area contributed by atoms with Crippen LogP contribution in [0.3, 0.4) is 0 Å². The van der Waals surface area contributed by atoms with E-state index in [9.17, 15) is 9.65 Å². The molecule has 2 aromatic heterocycles. The summed E-state index contributed by atoms with van der Waals surface area (Å²) in [4.78, 5) is 8.66. The highest BCUT2D eigenvalue weighted by Gasteiger charge is 2.16. The summed E-state index contributed by atoms with van der Waals surface area (Å²) >= 11 is 14.1. The highest BCUT2D eigenvalue weighted by Crippen LogP contribution is 2.36. The van der Waals surface area contributed by atoms with Gasteiger partial charge in [-0.2, -0.15) is 5.26 Å². The quantitative estimate of drug-likeness (QED) is 0.233. The first-order valence-electron chi connectivity index (χ1n) is 10.3. The number of terminal acetylenes is 1. The molecule has 5 aromatic rings. The summed E-state index contributed by atoms with van der Waals surface area (Å²) in [6.45, 7) is 0. The number of anilines is 3. The second-order valence-electron chi connectivity index (χ2n) is 7.59. The van der Waals surface area contributed by atoms with Crippen molar-refractivity contribution in [2.24, 2.45) is 0 Å². The van der Waals surface area contributed by atoms with Gasteiger partial charge in [-0.25, -0.2) is 9.37 Å². The van der Waals surface area contributed by atoms with E-state index >= 15 is 0 Å². The lowest BCUT2D eigenvalue weighted by Crippen LogP contribution is -2.08. The Kier molecular flexibility index (Phi) is 6.15. The van der Waals surface area contributed by atoms with E-state index < -0.39 is 11.9 Å². The maximum Gasteiger partial charge on any atom is 0.141 e. The summed E-state index contributed by atoms with van der Waals surface area (Å²) < 4.78 is 14.7. The van der Waals surface area contributed by atoms with Crippen LogP contribution in [0.5, 0.6) is 0 Å². The first-order chi connectivity index (χ1) is 17.0. The normalized spacial score (nSPS) is 11.7. The van der Waals surface area contributed by atoms with Crippen molar-refractivity contribution in [2.45, 2.75) is 6.04 Å². The van der Waals surface area contributed by atoms with Crippen LogP contribution in [0, 0.1) is 29.5 Å². The fourth-order valence-corrected chi connectivity index (χ4v) is 4.89. The number of hydrogen-bond acceptors (Lipinski definition) is 6. The summed E-state index contributed by atoms with van der Waals surface area (Å²) in [6.07, 6.45) is 7.29. The molecule has 2 N–H and O–H groups in total. The lowest BCUT2D eigenvalue weighted by atomic mass is 10.1. The molecule has 1 atom stereocenters. The summed E-state index contributed by atoms with van der Waals surface area (Å²) in [5.41, 5.74) is 6.01. The van der Waals surface area contributed by atoms with Gasteiger partial charge in [-0.3, -0.25) is 4.98 Å². The van der Waals surface area contributed by atoms with Gasteiger partial charge in [0.2, 0.25) is 0 Å². The van der Waals surface area contributed by atoms with Crippen LogP contribution < -0.4 is 10.6 Å². The highest BCUT2D eigenvalue weighted by molar-refractivity contribution is 7.16. The number of nitrogens with zero attached hydrogens (tertiary/aromatic N) is 3. The number of nitrogens with one attached hydrogen (secondary N) is 2. The Morgan fingerprint density at radius 1 is 1.03 bits per heavy atom. The van der Waals surface area contributed by atoms with Crippen LogP contribution in [0.2, 0.25) is 10.0 Å². The highest BCUT2D eigenvalue weighted by atomic mass is 35.5. The molecule has 0 spiro atoms. The van der Waals surface area contributed by atoms with E-state index in [0.29, 0.717) is 33.0 Å². The molecular formula is C26H14Cl2FN5S. The summed E-state index contributed by atoms with van der Waals surface area (Å²) in [5, 5.41) is 17.1. The van der Waals surface area contributed by atoms with Crippen LogP contribution in [-0.4, -0.2) is 9.97 Å².